The van der Waals surface area contributed by atoms with Gasteiger partial charge in [-0.25, -0.2) is 4.99 Å². The van der Waals surface area contributed by atoms with Crippen LogP contribution < -0.4 is 20.1 Å². The maximum absolute atomic E-state index is 5.53. The maximum Gasteiger partial charge on any atom is 0.231 e. The topological polar surface area (TPSA) is 80.9 Å². The van der Waals surface area contributed by atoms with Gasteiger partial charge in [0.05, 0.1) is 12.2 Å². The monoisotopic (exact) mass is 528 g/mol. The van der Waals surface area contributed by atoms with Crippen LogP contribution in [0.5, 0.6) is 11.5 Å². The summed E-state index contributed by atoms with van der Waals surface area (Å²) in [5.74, 6) is 3.32. The van der Waals surface area contributed by atoms with E-state index >= 15 is 0 Å². The van der Waals surface area contributed by atoms with E-state index in [1.54, 1.807) is 0 Å². The van der Waals surface area contributed by atoms with Crippen LogP contribution in [0.2, 0.25) is 0 Å². The van der Waals surface area contributed by atoms with Gasteiger partial charge in [0.2, 0.25) is 6.79 Å². The van der Waals surface area contributed by atoms with Crippen molar-refractivity contribution in [3.63, 3.8) is 0 Å². The number of rotatable bonds is 8. The highest BCUT2D eigenvalue weighted by Crippen LogP contribution is 2.36. The average Bonchev–Trinajstić information content (AvgIpc) is 3.35. The molecule has 1 aromatic carbocycles. The molecule has 0 aliphatic carbocycles. The number of guanidine groups is 1. The minimum absolute atomic E-state index is 0. The summed E-state index contributed by atoms with van der Waals surface area (Å²) in [5.41, 5.74) is 3.16. The second-order valence-corrected chi connectivity index (χ2v) is 7.74. The Labute approximate surface area is 196 Å². The highest BCUT2D eigenvalue weighted by atomic mass is 127. The van der Waals surface area contributed by atoms with Gasteiger partial charge in [-0.3, -0.25) is 0 Å². The summed E-state index contributed by atoms with van der Waals surface area (Å²) in [4.78, 5) is 4.78. The fraction of sp³-hybridized carbons (Fsp3) is 0.545. The largest absolute Gasteiger partial charge is 0.454 e. The summed E-state index contributed by atoms with van der Waals surface area (Å²) >= 11 is 0. The summed E-state index contributed by atoms with van der Waals surface area (Å²) in [6.07, 6.45) is 1.66. The molecule has 0 saturated heterocycles. The van der Waals surface area contributed by atoms with Gasteiger partial charge in [-0.15, -0.1) is 24.0 Å². The first-order chi connectivity index (χ1) is 14.0. The number of aromatic nitrogens is 1. The number of aryl methyl sites for hydroxylation is 2. The SMILES string of the molecule is CCNC(=NCc1c(CC)noc1CC)NCC(C)(C)c1ccc2c(c1)OCO2.I. The van der Waals surface area contributed by atoms with Crippen molar-refractivity contribution in [3.05, 3.63) is 40.8 Å². The molecule has 0 spiro atoms. The number of aliphatic imine (C=N–C) groups is 1. The van der Waals surface area contributed by atoms with E-state index in [-0.39, 0.29) is 36.2 Å². The van der Waals surface area contributed by atoms with Gasteiger partial charge in [-0.2, -0.15) is 0 Å². The Morgan fingerprint density at radius 2 is 1.87 bits per heavy atom. The van der Waals surface area contributed by atoms with Gasteiger partial charge in [0, 0.05) is 30.5 Å². The Morgan fingerprint density at radius 1 is 1.10 bits per heavy atom. The Hall–Kier alpha value is -1.97. The molecule has 3 rings (SSSR count). The van der Waals surface area contributed by atoms with Gasteiger partial charge in [-0.1, -0.05) is 38.9 Å². The number of hydrogen-bond donors (Lipinski definition) is 2. The molecule has 2 aromatic rings. The molecular weight excluding hydrogens is 495 g/mol. The molecule has 0 amide bonds. The molecule has 7 nitrogen and oxygen atoms in total. The lowest BCUT2D eigenvalue weighted by molar-refractivity contribution is 0.174. The fourth-order valence-electron chi connectivity index (χ4n) is 3.34. The third kappa shape index (κ3) is 5.59. The first-order valence-electron chi connectivity index (χ1n) is 10.4. The Balaban J connectivity index is 0.00000320. The van der Waals surface area contributed by atoms with Crippen LogP contribution >= 0.6 is 24.0 Å². The Morgan fingerprint density at radius 3 is 2.57 bits per heavy atom. The molecular formula is C22H33IN4O3. The van der Waals surface area contributed by atoms with Crippen LogP contribution in [0.25, 0.3) is 0 Å². The summed E-state index contributed by atoms with van der Waals surface area (Å²) in [5, 5.41) is 11.0. The zero-order valence-corrected chi connectivity index (χ0v) is 20.8. The molecule has 0 atom stereocenters. The first kappa shape index (κ1) is 24.3. The summed E-state index contributed by atoms with van der Waals surface area (Å²) in [6, 6.07) is 6.13. The highest BCUT2D eigenvalue weighted by molar-refractivity contribution is 14.0. The summed E-state index contributed by atoms with van der Waals surface area (Å²) < 4.78 is 16.4. The van der Waals surface area contributed by atoms with Gasteiger partial charge >= 0.3 is 0 Å². The van der Waals surface area contributed by atoms with Crippen molar-refractivity contribution in [2.24, 2.45) is 4.99 Å². The van der Waals surface area contributed by atoms with Crippen molar-refractivity contribution in [3.8, 4) is 11.5 Å². The van der Waals surface area contributed by atoms with Crippen molar-refractivity contribution in [2.75, 3.05) is 19.9 Å². The van der Waals surface area contributed by atoms with Gasteiger partial charge in [-0.05, 0) is 31.0 Å². The van der Waals surface area contributed by atoms with E-state index in [1.165, 1.54) is 5.56 Å². The minimum atomic E-state index is -0.114. The standard InChI is InChI=1S/C22H32N4O3.HI/c1-6-17-16(18(7-2)29-26-17)12-24-21(23-8-3)25-13-22(4,5)15-9-10-19-20(11-15)28-14-27-19;/h9-11H,6-8,12-14H2,1-5H3,(H2,23,24,25);1H. The predicted molar refractivity (Wildman–Crippen MR) is 129 cm³/mol. The quantitative estimate of drug-likeness (QED) is 0.304. The van der Waals surface area contributed by atoms with E-state index in [0.29, 0.717) is 6.54 Å². The predicted octanol–water partition coefficient (Wildman–Crippen LogP) is 4.18. The van der Waals surface area contributed by atoms with Crippen molar-refractivity contribution in [2.45, 2.75) is 59.4 Å². The second-order valence-electron chi connectivity index (χ2n) is 7.74. The summed E-state index contributed by atoms with van der Waals surface area (Å²) in [6.45, 7) is 13.0. The lowest BCUT2D eigenvalue weighted by Crippen LogP contribution is -2.43. The zero-order valence-electron chi connectivity index (χ0n) is 18.5. The molecule has 0 radical (unpaired) electrons. The van der Waals surface area contributed by atoms with E-state index in [9.17, 15) is 0 Å². The van der Waals surface area contributed by atoms with Crippen molar-refractivity contribution in [1.29, 1.82) is 0 Å². The van der Waals surface area contributed by atoms with Gasteiger partial charge < -0.3 is 24.6 Å². The Bertz CT molecular complexity index is 843. The smallest absolute Gasteiger partial charge is 0.231 e. The number of nitrogens with zero attached hydrogens (tertiary/aromatic N) is 2. The van der Waals surface area contributed by atoms with Crippen LogP contribution in [0.1, 0.15) is 57.2 Å². The van der Waals surface area contributed by atoms with Crippen LogP contribution in [-0.2, 0) is 24.8 Å². The Kier molecular flexibility index (Phi) is 8.81. The highest BCUT2D eigenvalue weighted by Gasteiger charge is 2.24. The third-order valence-electron chi connectivity index (χ3n) is 5.20. The van der Waals surface area contributed by atoms with E-state index in [1.807, 2.05) is 6.07 Å². The lowest BCUT2D eigenvalue weighted by atomic mass is 9.84. The molecule has 166 valence electrons. The van der Waals surface area contributed by atoms with E-state index < -0.39 is 0 Å². The van der Waals surface area contributed by atoms with Gasteiger partial charge in [0.25, 0.3) is 0 Å². The normalized spacial score (nSPS) is 13.2. The number of ether oxygens (including phenoxy) is 2. The maximum atomic E-state index is 5.53. The number of fused-ring (bicyclic) bond motifs is 1. The van der Waals surface area contributed by atoms with Crippen molar-refractivity contribution in [1.82, 2.24) is 15.8 Å². The molecule has 8 heteroatoms. The molecule has 1 aromatic heterocycles. The average molecular weight is 528 g/mol. The third-order valence-corrected chi connectivity index (χ3v) is 5.20. The van der Waals surface area contributed by atoms with Crippen LogP contribution in [-0.4, -0.2) is 31.0 Å². The second kappa shape index (κ2) is 10.9. The molecule has 0 unspecified atom stereocenters. The van der Waals surface area contributed by atoms with Gasteiger partial charge in [0.1, 0.15) is 5.76 Å². The molecule has 1 aliphatic heterocycles. The minimum Gasteiger partial charge on any atom is -0.454 e. The number of hydrogen-bond acceptors (Lipinski definition) is 5. The molecule has 30 heavy (non-hydrogen) atoms. The molecule has 0 saturated carbocycles. The molecule has 0 bridgehead atoms. The van der Waals surface area contributed by atoms with Crippen molar-refractivity contribution < 1.29 is 14.0 Å². The van der Waals surface area contributed by atoms with Crippen LogP contribution in [0, 0.1) is 0 Å². The van der Waals surface area contributed by atoms with Crippen molar-refractivity contribution >= 4 is 29.9 Å². The number of benzene rings is 1. The molecule has 1 aliphatic rings. The van der Waals surface area contributed by atoms with Crippen LogP contribution in [0.4, 0.5) is 0 Å². The molecule has 2 N–H and O–H groups in total. The number of nitrogens with one attached hydrogen (secondary N) is 2. The van der Waals surface area contributed by atoms with E-state index in [4.69, 9.17) is 19.0 Å². The fourth-order valence-corrected chi connectivity index (χ4v) is 3.34. The number of halogens is 1. The lowest BCUT2D eigenvalue weighted by Gasteiger charge is -2.27. The first-order valence-corrected chi connectivity index (χ1v) is 10.4. The molecule has 2 heterocycles. The summed E-state index contributed by atoms with van der Waals surface area (Å²) in [7, 11) is 0. The van der Waals surface area contributed by atoms with Gasteiger partial charge in [0.15, 0.2) is 17.5 Å². The van der Waals surface area contributed by atoms with Crippen LogP contribution in [0.15, 0.2) is 27.7 Å². The molecule has 0 fully saturated rings. The zero-order chi connectivity index (χ0) is 20.9. The van der Waals surface area contributed by atoms with E-state index in [0.717, 1.165) is 60.4 Å². The van der Waals surface area contributed by atoms with E-state index in [2.05, 4.69) is 62.5 Å². The van der Waals surface area contributed by atoms with Crippen LogP contribution in [0.3, 0.4) is 0 Å².